The molecule has 1 aliphatic carbocycles. The quantitative estimate of drug-likeness (QED) is 0.812. The summed E-state index contributed by atoms with van der Waals surface area (Å²) in [6.07, 6.45) is 0.865. The lowest BCUT2D eigenvalue weighted by molar-refractivity contribution is -0.190. The fraction of sp³-hybridized carbons (Fsp3) is 0.333. The number of rotatable bonds is 2. The lowest BCUT2D eigenvalue weighted by Gasteiger charge is -2.48. The number of esters is 1. The highest BCUT2D eigenvalue weighted by molar-refractivity contribution is 9.10. The highest BCUT2D eigenvalue weighted by atomic mass is 79.9. The van der Waals surface area contributed by atoms with E-state index in [2.05, 4.69) is 15.9 Å². The monoisotopic (exact) mass is 370 g/mol. The minimum Gasteiger partial charge on any atom is -0.455 e. The predicted octanol–water partition coefficient (Wildman–Crippen LogP) is 2.53. The third kappa shape index (κ3) is 2.06. The molecule has 1 aromatic rings. The number of hydrogen-bond donors (Lipinski definition) is 1. The highest BCUT2D eigenvalue weighted by Gasteiger charge is 2.63. The molecular weight excluding hydrogens is 360 g/mol. The second kappa shape index (κ2) is 4.93. The largest absolute Gasteiger partial charge is 0.455 e. The zero-order chi connectivity index (χ0) is 15.4. The Morgan fingerprint density at radius 2 is 2.00 bits per heavy atom. The van der Waals surface area contributed by atoms with E-state index in [0.29, 0.717) is 0 Å². The van der Waals surface area contributed by atoms with Crippen molar-refractivity contribution in [3.8, 4) is 0 Å². The normalized spacial score (nSPS) is 34.4. The van der Waals surface area contributed by atoms with Crippen molar-refractivity contribution in [3.63, 3.8) is 0 Å². The summed E-state index contributed by atoms with van der Waals surface area (Å²) in [4.78, 5) is 24.0. The summed E-state index contributed by atoms with van der Waals surface area (Å²) in [7, 11) is 0. The van der Waals surface area contributed by atoms with E-state index in [-0.39, 0.29) is 10.8 Å². The Morgan fingerprint density at radius 3 is 2.52 bits per heavy atom. The molecule has 2 aliphatic heterocycles. The molecule has 3 aliphatic rings. The van der Waals surface area contributed by atoms with Gasteiger partial charge in [-0.2, -0.15) is 0 Å². The SMILES string of the molecule is CC(=O)[C@@H]1[C@@H](c2ccc(Br)cc2)[C@H]2C=C(Cl)[C@]1(O)C(=O)O2. The fourth-order valence-electron chi connectivity index (χ4n) is 3.13. The van der Waals surface area contributed by atoms with Gasteiger partial charge in [0.1, 0.15) is 11.9 Å². The minimum atomic E-state index is -2.08. The maximum atomic E-state index is 12.1. The van der Waals surface area contributed by atoms with Gasteiger partial charge in [0, 0.05) is 10.4 Å². The minimum absolute atomic E-state index is 0.0303. The van der Waals surface area contributed by atoms with Crippen LogP contribution in [0.2, 0.25) is 0 Å². The maximum Gasteiger partial charge on any atom is 0.345 e. The van der Waals surface area contributed by atoms with Crippen LogP contribution in [0.1, 0.15) is 18.4 Å². The standard InChI is InChI=1S/C15H12BrClO4/c1-7(18)13-12(8-2-4-9(16)5-3-8)10-6-11(17)15(13,20)14(19)21-10/h2-6,10,12-13,20H,1H3/t10-,12+,13-,15-/m1/s1. The molecule has 4 atom stereocenters. The van der Waals surface area contributed by atoms with Crippen molar-refractivity contribution in [1.29, 1.82) is 0 Å². The van der Waals surface area contributed by atoms with Crippen LogP contribution in [0.3, 0.4) is 0 Å². The molecule has 6 heteroatoms. The first-order chi connectivity index (χ1) is 9.85. The van der Waals surface area contributed by atoms with Gasteiger partial charge in [0.05, 0.1) is 11.0 Å². The van der Waals surface area contributed by atoms with Gasteiger partial charge in [-0.05, 0) is 30.7 Å². The first-order valence-electron chi connectivity index (χ1n) is 6.43. The average Bonchev–Trinajstić information content (AvgIpc) is 2.41. The van der Waals surface area contributed by atoms with E-state index in [1.807, 2.05) is 24.3 Å². The van der Waals surface area contributed by atoms with Gasteiger partial charge in [-0.15, -0.1) is 0 Å². The number of halogens is 2. The number of ketones is 1. The molecule has 4 nitrogen and oxygen atoms in total. The number of benzene rings is 1. The molecule has 2 heterocycles. The zero-order valence-electron chi connectivity index (χ0n) is 11.0. The zero-order valence-corrected chi connectivity index (χ0v) is 13.4. The molecule has 0 radical (unpaired) electrons. The van der Waals surface area contributed by atoms with Gasteiger partial charge in [-0.1, -0.05) is 39.7 Å². The molecule has 0 saturated carbocycles. The molecule has 4 rings (SSSR count). The third-order valence-corrected chi connectivity index (χ3v) is 5.03. The smallest absolute Gasteiger partial charge is 0.345 e. The summed E-state index contributed by atoms with van der Waals surface area (Å²) < 4.78 is 6.12. The molecule has 21 heavy (non-hydrogen) atoms. The van der Waals surface area contributed by atoms with Crippen molar-refractivity contribution in [2.45, 2.75) is 24.5 Å². The molecule has 0 amide bonds. The number of Topliss-reactive ketones (excluding diaryl/α,β-unsaturated/α-hetero) is 1. The molecule has 0 spiro atoms. The lowest BCUT2D eigenvalue weighted by atomic mass is 9.65. The molecule has 1 N–H and O–H groups in total. The van der Waals surface area contributed by atoms with Crippen molar-refractivity contribution < 1.29 is 19.4 Å². The maximum absolute atomic E-state index is 12.1. The van der Waals surface area contributed by atoms with Crippen LogP contribution in [-0.2, 0) is 14.3 Å². The van der Waals surface area contributed by atoms with Gasteiger partial charge < -0.3 is 9.84 Å². The summed E-state index contributed by atoms with van der Waals surface area (Å²) >= 11 is 9.37. The van der Waals surface area contributed by atoms with Crippen LogP contribution >= 0.6 is 27.5 Å². The van der Waals surface area contributed by atoms with E-state index in [1.54, 1.807) is 0 Å². The van der Waals surface area contributed by atoms with Gasteiger partial charge in [0.15, 0.2) is 0 Å². The summed E-state index contributed by atoms with van der Waals surface area (Å²) in [5, 5.41) is 10.6. The number of fused-ring (bicyclic) bond motifs is 2. The fourth-order valence-corrected chi connectivity index (χ4v) is 3.72. The van der Waals surface area contributed by atoms with Crippen molar-refractivity contribution in [2.24, 2.45) is 5.92 Å². The van der Waals surface area contributed by atoms with Crippen LogP contribution < -0.4 is 0 Å². The molecule has 0 aromatic heterocycles. The first kappa shape index (κ1) is 14.8. The number of ether oxygens (including phenoxy) is 1. The average molecular weight is 372 g/mol. The van der Waals surface area contributed by atoms with Crippen LogP contribution in [0.5, 0.6) is 0 Å². The van der Waals surface area contributed by atoms with Gasteiger partial charge >= 0.3 is 5.97 Å². The summed E-state index contributed by atoms with van der Waals surface area (Å²) in [6, 6.07) is 7.35. The Labute approximate surface area is 134 Å². The second-order valence-electron chi connectivity index (χ2n) is 5.32. The molecule has 2 bridgehead atoms. The Bertz CT molecular complexity index is 654. The predicted molar refractivity (Wildman–Crippen MR) is 79.8 cm³/mol. The summed E-state index contributed by atoms with van der Waals surface area (Å²) in [5.41, 5.74) is -1.27. The Hall–Kier alpha value is -1.17. The Kier molecular flexibility index (Phi) is 3.47. The van der Waals surface area contributed by atoms with E-state index in [1.165, 1.54) is 13.0 Å². The summed E-state index contributed by atoms with van der Waals surface area (Å²) in [6.45, 7) is 1.35. The van der Waals surface area contributed by atoms with Gasteiger partial charge in [-0.3, -0.25) is 4.79 Å². The van der Waals surface area contributed by atoms with E-state index >= 15 is 0 Å². The molecule has 1 fully saturated rings. The van der Waals surface area contributed by atoms with E-state index in [4.69, 9.17) is 16.3 Å². The second-order valence-corrected chi connectivity index (χ2v) is 6.64. The van der Waals surface area contributed by atoms with Crippen LogP contribution in [0.4, 0.5) is 0 Å². The van der Waals surface area contributed by atoms with Gasteiger partial charge in [0.2, 0.25) is 5.60 Å². The molecule has 110 valence electrons. The number of aliphatic hydroxyl groups is 1. The van der Waals surface area contributed by atoms with E-state index in [9.17, 15) is 14.7 Å². The Morgan fingerprint density at radius 1 is 1.38 bits per heavy atom. The topological polar surface area (TPSA) is 63.6 Å². The third-order valence-electron chi connectivity index (χ3n) is 4.09. The van der Waals surface area contributed by atoms with Crippen molar-refractivity contribution in [1.82, 2.24) is 0 Å². The van der Waals surface area contributed by atoms with Crippen molar-refractivity contribution in [2.75, 3.05) is 0 Å². The van der Waals surface area contributed by atoms with Crippen molar-refractivity contribution >= 4 is 39.3 Å². The van der Waals surface area contributed by atoms with Crippen LogP contribution in [0, 0.1) is 5.92 Å². The molecule has 1 aromatic carbocycles. The van der Waals surface area contributed by atoms with Crippen LogP contribution in [0.25, 0.3) is 0 Å². The van der Waals surface area contributed by atoms with Crippen LogP contribution in [0.15, 0.2) is 39.8 Å². The van der Waals surface area contributed by atoms with E-state index < -0.39 is 29.5 Å². The Balaban J connectivity index is 2.15. The lowest BCUT2D eigenvalue weighted by Crippen LogP contribution is -2.62. The van der Waals surface area contributed by atoms with Gasteiger partial charge in [0.25, 0.3) is 0 Å². The van der Waals surface area contributed by atoms with E-state index in [0.717, 1.165) is 10.0 Å². The number of carbonyl (C=O) groups is 2. The van der Waals surface area contributed by atoms with Gasteiger partial charge in [-0.25, -0.2) is 4.79 Å². The highest BCUT2D eigenvalue weighted by Crippen LogP contribution is 2.51. The first-order valence-corrected chi connectivity index (χ1v) is 7.60. The molecule has 0 unspecified atom stereocenters. The number of hydrogen-bond acceptors (Lipinski definition) is 4. The van der Waals surface area contributed by atoms with Crippen LogP contribution in [-0.4, -0.2) is 28.6 Å². The summed E-state index contributed by atoms with van der Waals surface area (Å²) in [5.74, 6) is -2.53. The van der Waals surface area contributed by atoms with Crippen molar-refractivity contribution in [3.05, 3.63) is 45.4 Å². The number of carbonyl (C=O) groups excluding carboxylic acids is 2. The molecular formula is C15H12BrClO4. The molecule has 1 saturated heterocycles.